The highest BCUT2D eigenvalue weighted by molar-refractivity contribution is 7.99. The van der Waals surface area contributed by atoms with Crippen molar-refractivity contribution < 1.29 is 0 Å². The number of hydrogen-bond donors (Lipinski definition) is 2. The van der Waals surface area contributed by atoms with Crippen LogP contribution in [0.5, 0.6) is 0 Å². The molecule has 0 aliphatic rings. The number of H-pyrrole nitrogens is 1. The second-order valence-electron chi connectivity index (χ2n) is 4.02. The van der Waals surface area contributed by atoms with E-state index in [9.17, 15) is 9.59 Å². The van der Waals surface area contributed by atoms with Crippen LogP contribution in [0.2, 0.25) is 0 Å². The van der Waals surface area contributed by atoms with Crippen LogP contribution in [0.3, 0.4) is 0 Å². The van der Waals surface area contributed by atoms with Crippen molar-refractivity contribution in [2.24, 2.45) is 12.8 Å². The van der Waals surface area contributed by atoms with Gasteiger partial charge in [0.25, 0.3) is 0 Å². The number of unbranched alkanes of at least 4 members (excludes halogenated alkanes) is 1. The van der Waals surface area contributed by atoms with Gasteiger partial charge in [0, 0.05) is 18.8 Å². The maximum atomic E-state index is 11.1. The first-order valence-corrected chi connectivity index (χ1v) is 6.55. The Bertz CT molecular complexity index is 466. The number of nitrogens with two attached hydrogens (primary N) is 1. The lowest BCUT2D eigenvalue weighted by molar-refractivity contribution is 0.593. The van der Waals surface area contributed by atoms with Gasteiger partial charge in [0.05, 0.1) is 0 Å². The Labute approximate surface area is 104 Å². The van der Waals surface area contributed by atoms with Gasteiger partial charge in [0.1, 0.15) is 0 Å². The lowest BCUT2D eigenvalue weighted by Gasteiger charge is -2.06. The number of hydrogen-bond acceptors (Lipinski definition) is 5. The zero-order chi connectivity index (χ0) is 12.8. The fourth-order valence-electron chi connectivity index (χ4n) is 1.32. The predicted octanol–water partition coefficient (Wildman–Crippen LogP) is 0.0782. The molecule has 7 heteroatoms. The molecule has 6 nitrogen and oxygen atoms in total. The zero-order valence-corrected chi connectivity index (χ0v) is 10.9. The van der Waals surface area contributed by atoms with Gasteiger partial charge >= 0.3 is 11.1 Å². The summed E-state index contributed by atoms with van der Waals surface area (Å²) >= 11 is 1.46. The normalized spacial score (nSPS) is 12.6. The van der Waals surface area contributed by atoms with Crippen molar-refractivity contribution in [3.63, 3.8) is 0 Å². The molecule has 1 atom stereocenters. The molecule has 96 valence electrons. The van der Waals surface area contributed by atoms with E-state index in [4.69, 9.17) is 5.73 Å². The van der Waals surface area contributed by atoms with Gasteiger partial charge in [-0.05, 0) is 19.8 Å². The Morgan fingerprint density at radius 2 is 2.18 bits per heavy atom. The molecule has 0 spiro atoms. The molecule has 3 N–H and O–H groups in total. The fraction of sp³-hybridized carbons (Fsp3) is 0.700. The van der Waals surface area contributed by atoms with Gasteiger partial charge in [0.2, 0.25) is 0 Å². The standard InChI is InChI=1S/C10H18N4O2S/c1-7(11)5-3-4-6-17-10-12-8(15)9(16)13-14(10)2/h7H,3-6,11H2,1-2H3,(H,13,16). The quantitative estimate of drug-likeness (QED) is 0.428. The molecule has 1 rings (SSSR count). The summed E-state index contributed by atoms with van der Waals surface area (Å²) in [7, 11) is 1.66. The molecule has 0 aromatic carbocycles. The van der Waals surface area contributed by atoms with Gasteiger partial charge in [-0.2, -0.15) is 4.98 Å². The van der Waals surface area contributed by atoms with Crippen molar-refractivity contribution >= 4 is 11.8 Å². The lowest BCUT2D eigenvalue weighted by Crippen LogP contribution is -2.33. The van der Waals surface area contributed by atoms with E-state index < -0.39 is 11.1 Å². The molecule has 0 amide bonds. The minimum Gasteiger partial charge on any atom is -0.328 e. The average molecular weight is 258 g/mol. The van der Waals surface area contributed by atoms with Crippen LogP contribution in [0.1, 0.15) is 26.2 Å². The number of aromatic amines is 1. The molecule has 0 bridgehead atoms. The summed E-state index contributed by atoms with van der Waals surface area (Å²) in [5.74, 6) is 0.860. The van der Waals surface area contributed by atoms with Gasteiger partial charge in [-0.1, -0.05) is 18.2 Å². The van der Waals surface area contributed by atoms with E-state index in [1.54, 1.807) is 7.05 Å². The third kappa shape index (κ3) is 4.74. The molecule has 0 aliphatic heterocycles. The van der Waals surface area contributed by atoms with Gasteiger partial charge in [0.15, 0.2) is 5.16 Å². The maximum Gasteiger partial charge on any atom is 0.339 e. The molecule has 1 unspecified atom stereocenters. The highest BCUT2D eigenvalue weighted by Gasteiger charge is 2.04. The van der Waals surface area contributed by atoms with Crippen molar-refractivity contribution in [2.75, 3.05) is 5.75 Å². The number of thioether (sulfide) groups is 1. The minimum atomic E-state index is -0.735. The number of nitrogens with zero attached hydrogens (tertiary/aromatic N) is 2. The van der Waals surface area contributed by atoms with Crippen LogP contribution in [0.25, 0.3) is 0 Å². The first-order chi connectivity index (χ1) is 8.00. The summed E-state index contributed by atoms with van der Waals surface area (Å²) < 4.78 is 1.47. The SMILES string of the molecule is CC(N)CCCCSc1nc(=O)c(=O)[nH]n1C. The number of rotatable bonds is 6. The van der Waals surface area contributed by atoms with E-state index in [1.165, 1.54) is 16.4 Å². The van der Waals surface area contributed by atoms with E-state index in [0.29, 0.717) is 5.16 Å². The van der Waals surface area contributed by atoms with E-state index >= 15 is 0 Å². The van der Waals surface area contributed by atoms with E-state index in [1.807, 2.05) is 6.92 Å². The van der Waals surface area contributed by atoms with Gasteiger partial charge in [-0.15, -0.1) is 0 Å². The molecule has 0 saturated carbocycles. The van der Waals surface area contributed by atoms with Crippen LogP contribution >= 0.6 is 11.8 Å². The molecule has 0 aliphatic carbocycles. The van der Waals surface area contributed by atoms with Crippen LogP contribution in [-0.4, -0.2) is 26.6 Å². The Morgan fingerprint density at radius 1 is 1.47 bits per heavy atom. The van der Waals surface area contributed by atoms with E-state index in [-0.39, 0.29) is 6.04 Å². The lowest BCUT2D eigenvalue weighted by atomic mass is 10.2. The van der Waals surface area contributed by atoms with Gasteiger partial charge in [-0.25, -0.2) is 0 Å². The highest BCUT2D eigenvalue weighted by atomic mass is 32.2. The molecular weight excluding hydrogens is 240 g/mol. The third-order valence-corrected chi connectivity index (χ3v) is 3.35. The molecular formula is C10H18N4O2S. The summed E-state index contributed by atoms with van der Waals surface area (Å²) in [6, 6.07) is 0.232. The van der Waals surface area contributed by atoms with Gasteiger partial charge in [-0.3, -0.25) is 19.4 Å². The molecule has 1 heterocycles. The average Bonchev–Trinajstić information content (AvgIpc) is 2.24. The molecule has 0 radical (unpaired) electrons. The predicted molar refractivity (Wildman–Crippen MR) is 68.3 cm³/mol. The van der Waals surface area contributed by atoms with Crippen molar-refractivity contribution in [1.82, 2.24) is 14.8 Å². The largest absolute Gasteiger partial charge is 0.339 e. The Morgan fingerprint density at radius 3 is 2.82 bits per heavy atom. The third-order valence-electron chi connectivity index (χ3n) is 2.23. The topological polar surface area (TPSA) is 93.8 Å². The summed E-state index contributed by atoms with van der Waals surface area (Å²) in [6.07, 6.45) is 3.07. The zero-order valence-electron chi connectivity index (χ0n) is 10.1. The van der Waals surface area contributed by atoms with Crippen LogP contribution in [0.15, 0.2) is 14.7 Å². The maximum absolute atomic E-state index is 11.1. The van der Waals surface area contributed by atoms with Crippen LogP contribution in [0.4, 0.5) is 0 Å². The van der Waals surface area contributed by atoms with Crippen LogP contribution < -0.4 is 16.9 Å². The van der Waals surface area contributed by atoms with E-state index in [0.717, 1.165) is 25.0 Å². The number of aryl methyl sites for hydroxylation is 1. The first kappa shape index (κ1) is 14.0. The van der Waals surface area contributed by atoms with Gasteiger partial charge < -0.3 is 5.73 Å². The Hall–Kier alpha value is -1.08. The summed E-state index contributed by atoms with van der Waals surface area (Å²) in [4.78, 5) is 25.7. The Balaban J connectivity index is 2.45. The minimum absolute atomic E-state index is 0.232. The van der Waals surface area contributed by atoms with E-state index in [2.05, 4.69) is 10.1 Å². The number of nitrogens with one attached hydrogen (secondary N) is 1. The molecule has 17 heavy (non-hydrogen) atoms. The number of aromatic nitrogens is 3. The monoisotopic (exact) mass is 258 g/mol. The molecule has 1 aromatic heterocycles. The molecule has 0 fully saturated rings. The molecule has 0 saturated heterocycles. The smallest absolute Gasteiger partial charge is 0.328 e. The van der Waals surface area contributed by atoms with Crippen molar-refractivity contribution in [1.29, 1.82) is 0 Å². The summed E-state index contributed by atoms with van der Waals surface area (Å²) in [6.45, 7) is 1.99. The van der Waals surface area contributed by atoms with Crippen LogP contribution in [0, 0.1) is 0 Å². The second-order valence-corrected chi connectivity index (χ2v) is 5.08. The van der Waals surface area contributed by atoms with Crippen LogP contribution in [-0.2, 0) is 7.05 Å². The van der Waals surface area contributed by atoms with Crippen molar-refractivity contribution in [3.05, 3.63) is 20.7 Å². The molecule has 1 aromatic rings. The Kier molecular flexibility index (Phi) is 5.43. The summed E-state index contributed by atoms with van der Waals surface area (Å²) in [5.41, 5.74) is 4.22. The first-order valence-electron chi connectivity index (χ1n) is 5.56. The second kappa shape index (κ2) is 6.61. The fourth-order valence-corrected chi connectivity index (χ4v) is 2.24. The summed E-state index contributed by atoms with van der Waals surface area (Å²) in [5, 5.41) is 2.95. The highest BCUT2D eigenvalue weighted by Crippen LogP contribution is 2.14. The van der Waals surface area contributed by atoms with Crippen molar-refractivity contribution in [3.8, 4) is 0 Å². The van der Waals surface area contributed by atoms with Crippen molar-refractivity contribution in [2.45, 2.75) is 37.4 Å².